The van der Waals surface area contributed by atoms with Gasteiger partial charge in [-0.15, -0.1) is 10.2 Å². The van der Waals surface area contributed by atoms with Crippen molar-refractivity contribution in [2.75, 3.05) is 0 Å². The number of nitro groups is 2. The first-order chi connectivity index (χ1) is 18.2. The number of nitrogens with one attached hydrogen (secondary N) is 1. The quantitative estimate of drug-likeness (QED) is 0.169. The van der Waals surface area contributed by atoms with Crippen molar-refractivity contribution in [1.29, 1.82) is 0 Å². The molecule has 11 nitrogen and oxygen atoms in total. The first-order valence-corrected chi connectivity index (χ1v) is 12.6. The van der Waals surface area contributed by atoms with Crippen LogP contribution in [0, 0.1) is 34.1 Å². The van der Waals surface area contributed by atoms with Crippen LogP contribution in [-0.2, 0) is 5.75 Å². The molecule has 0 spiro atoms. The molecule has 12 heteroatoms. The lowest BCUT2D eigenvalue weighted by atomic mass is 10.1. The van der Waals surface area contributed by atoms with Gasteiger partial charge in [-0.05, 0) is 50.1 Å². The molecular weight excluding hydrogens is 508 g/mol. The highest BCUT2D eigenvalue weighted by Gasteiger charge is 2.23. The average Bonchev–Trinajstić information content (AvgIpc) is 3.32. The zero-order chi connectivity index (χ0) is 27.4. The highest BCUT2D eigenvalue weighted by Crippen LogP contribution is 2.29. The molecule has 1 atom stereocenters. The van der Waals surface area contributed by atoms with Crippen LogP contribution < -0.4 is 5.32 Å². The Balaban J connectivity index is 1.66. The van der Waals surface area contributed by atoms with E-state index in [-0.39, 0.29) is 16.9 Å². The van der Waals surface area contributed by atoms with E-state index >= 15 is 0 Å². The molecule has 0 bridgehead atoms. The lowest BCUT2D eigenvalue weighted by Crippen LogP contribution is -2.28. The van der Waals surface area contributed by atoms with Gasteiger partial charge in [-0.3, -0.25) is 29.6 Å². The van der Waals surface area contributed by atoms with Crippen molar-refractivity contribution in [3.63, 3.8) is 0 Å². The van der Waals surface area contributed by atoms with Crippen LogP contribution in [0.15, 0.2) is 71.9 Å². The standard InChI is InChI=1S/C26H24N6O5S/c1-16-6-4-5-7-20(16)15-38-26-29-28-24(30(26)21-10-12-22(13-11-21)31(34)35)18(3)27-25(33)19-9-8-17(2)23(14-19)32(36)37/h4-14,18H,15H2,1-3H3,(H,27,33). The predicted molar refractivity (Wildman–Crippen MR) is 142 cm³/mol. The van der Waals surface area contributed by atoms with Gasteiger partial charge in [-0.2, -0.15) is 0 Å². The summed E-state index contributed by atoms with van der Waals surface area (Å²) in [5.41, 5.74) is 3.25. The van der Waals surface area contributed by atoms with Gasteiger partial charge in [-0.25, -0.2) is 0 Å². The Morgan fingerprint density at radius 2 is 1.68 bits per heavy atom. The number of aryl methyl sites for hydroxylation is 2. The first kappa shape index (κ1) is 26.5. The summed E-state index contributed by atoms with van der Waals surface area (Å²) in [6.07, 6.45) is 0. The third-order valence-electron chi connectivity index (χ3n) is 6.00. The molecule has 0 fully saturated rings. The van der Waals surface area contributed by atoms with E-state index in [4.69, 9.17) is 0 Å². The number of nitrogens with zero attached hydrogens (tertiary/aromatic N) is 5. The highest BCUT2D eigenvalue weighted by atomic mass is 32.2. The monoisotopic (exact) mass is 532 g/mol. The Labute approximate surface area is 222 Å². The molecule has 0 radical (unpaired) electrons. The molecule has 0 aliphatic rings. The molecule has 3 aromatic carbocycles. The molecule has 1 N–H and O–H groups in total. The van der Waals surface area contributed by atoms with Gasteiger partial charge >= 0.3 is 0 Å². The predicted octanol–water partition coefficient (Wildman–Crippen LogP) is 5.48. The zero-order valence-corrected chi connectivity index (χ0v) is 21.6. The summed E-state index contributed by atoms with van der Waals surface area (Å²) >= 11 is 1.45. The molecule has 0 saturated heterocycles. The van der Waals surface area contributed by atoms with Crippen LogP contribution in [0.5, 0.6) is 0 Å². The Morgan fingerprint density at radius 3 is 2.34 bits per heavy atom. The van der Waals surface area contributed by atoms with E-state index in [1.54, 1.807) is 30.5 Å². The molecule has 1 amide bonds. The number of benzene rings is 3. The van der Waals surface area contributed by atoms with E-state index in [1.807, 2.05) is 31.2 Å². The summed E-state index contributed by atoms with van der Waals surface area (Å²) in [5.74, 6) is 0.514. The minimum atomic E-state index is -0.640. The molecule has 1 heterocycles. The largest absolute Gasteiger partial charge is 0.342 e. The van der Waals surface area contributed by atoms with Crippen molar-refractivity contribution in [3.8, 4) is 5.69 Å². The van der Waals surface area contributed by atoms with Gasteiger partial charge < -0.3 is 5.32 Å². The lowest BCUT2D eigenvalue weighted by molar-refractivity contribution is -0.385. The van der Waals surface area contributed by atoms with Crippen molar-refractivity contribution < 1.29 is 14.6 Å². The molecule has 0 aliphatic heterocycles. The number of non-ortho nitro benzene ring substituents is 1. The summed E-state index contributed by atoms with van der Waals surface area (Å²) in [6.45, 7) is 5.35. The van der Waals surface area contributed by atoms with E-state index in [9.17, 15) is 25.0 Å². The normalized spacial score (nSPS) is 11.7. The van der Waals surface area contributed by atoms with Gasteiger partial charge in [0.25, 0.3) is 17.3 Å². The average molecular weight is 533 g/mol. The van der Waals surface area contributed by atoms with Gasteiger partial charge in [0.05, 0.1) is 15.9 Å². The van der Waals surface area contributed by atoms with Crippen LogP contribution in [0.1, 0.15) is 45.8 Å². The van der Waals surface area contributed by atoms with Gasteiger partial charge in [0, 0.05) is 40.8 Å². The molecule has 1 aromatic heterocycles. The second kappa shape index (κ2) is 11.2. The van der Waals surface area contributed by atoms with Crippen molar-refractivity contribution in [2.24, 2.45) is 0 Å². The van der Waals surface area contributed by atoms with E-state index in [0.717, 1.165) is 11.1 Å². The van der Waals surface area contributed by atoms with Crippen molar-refractivity contribution >= 4 is 29.0 Å². The Morgan fingerprint density at radius 1 is 0.974 bits per heavy atom. The Kier molecular flexibility index (Phi) is 7.82. The summed E-state index contributed by atoms with van der Waals surface area (Å²) in [7, 11) is 0. The Bertz CT molecular complexity index is 1520. The minimum absolute atomic E-state index is 0.0557. The van der Waals surface area contributed by atoms with Crippen LogP contribution >= 0.6 is 11.8 Å². The fourth-order valence-corrected chi connectivity index (χ4v) is 4.86. The molecule has 0 aliphatic carbocycles. The topological polar surface area (TPSA) is 146 Å². The molecule has 4 aromatic rings. The third-order valence-corrected chi connectivity index (χ3v) is 6.98. The molecule has 0 saturated carbocycles. The van der Waals surface area contributed by atoms with Gasteiger partial charge in [0.15, 0.2) is 11.0 Å². The van der Waals surface area contributed by atoms with Gasteiger partial charge in [0.1, 0.15) is 0 Å². The number of amides is 1. The molecule has 1 unspecified atom stereocenters. The zero-order valence-electron chi connectivity index (χ0n) is 20.8. The maximum Gasteiger partial charge on any atom is 0.273 e. The summed E-state index contributed by atoms with van der Waals surface area (Å²) in [5, 5.41) is 34.5. The van der Waals surface area contributed by atoms with Crippen LogP contribution in [0.25, 0.3) is 5.69 Å². The second-order valence-corrected chi connectivity index (χ2v) is 9.56. The van der Waals surface area contributed by atoms with E-state index < -0.39 is 21.8 Å². The smallest absolute Gasteiger partial charge is 0.273 e. The fraction of sp³-hybridized carbons (Fsp3) is 0.192. The van der Waals surface area contributed by atoms with Gasteiger partial charge in [-0.1, -0.05) is 42.1 Å². The van der Waals surface area contributed by atoms with E-state index in [1.165, 1.54) is 42.1 Å². The van der Waals surface area contributed by atoms with Crippen molar-refractivity contribution in [1.82, 2.24) is 20.1 Å². The number of hydrogen-bond acceptors (Lipinski definition) is 8. The van der Waals surface area contributed by atoms with E-state index in [0.29, 0.717) is 28.0 Å². The van der Waals surface area contributed by atoms with Crippen LogP contribution in [0.4, 0.5) is 11.4 Å². The number of thioether (sulfide) groups is 1. The lowest BCUT2D eigenvalue weighted by Gasteiger charge is -2.16. The molecule has 4 rings (SSSR count). The van der Waals surface area contributed by atoms with Crippen molar-refractivity contribution in [2.45, 2.75) is 37.7 Å². The Hall–Kier alpha value is -4.58. The summed E-state index contributed by atoms with van der Waals surface area (Å²) < 4.78 is 1.75. The van der Waals surface area contributed by atoms with E-state index in [2.05, 4.69) is 15.5 Å². The van der Waals surface area contributed by atoms with Crippen LogP contribution in [0.2, 0.25) is 0 Å². The maximum absolute atomic E-state index is 13.0. The number of rotatable bonds is 9. The second-order valence-electron chi connectivity index (χ2n) is 8.62. The van der Waals surface area contributed by atoms with Crippen LogP contribution in [-0.4, -0.2) is 30.5 Å². The van der Waals surface area contributed by atoms with Gasteiger partial charge in [0.2, 0.25) is 0 Å². The number of carbonyl (C=O) groups excluding carboxylic acids is 1. The number of hydrogen-bond donors (Lipinski definition) is 1. The number of nitro benzene ring substituents is 2. The molecular formula is C26H24N6O5S. The first-order valence-electron chi connectivity index (χ1n) is 11.6. The molecule has 38 heavy (non-hydrogen) atoms. The third kappa shape index (κ3) is 5.70. The SMILES string of the molecule is Cc1ccccc1CSc1nnc(C(C)NC(=O)c2ccc(C)c([N+](=O)[O-])c2)n1-c1ccc([N+](=O)[O-])cc1. The highest BCUT2D eigenvalue weighted by molar-refractivity contribution is 7.98. The summed E-state index contributed by atoms with van der Waals surface area (Å²) in [4.78, 5) is 34.4. The number of aromatic nitrogens is 3. The number of carbonyl (C=O) groups is 1. The molecule has 194 valence electrons. The fourth-order valence-electron chi connectivity index (χ4n) is 3.83. The maximum atomic E-state index is 13.0. The van der Waals surface area contributed by atoms with Crippen molar-refractivity contribution in [3.05, 3.63) is 115 Å². The summed E-state index contributed by atoms with van der Waals surface area (Å²) in [6, 6.07) is 17.6. The minimum Gasteiger partial charge on any atom is -0.342 e. The van der Waals surface area contributed by atoms with Crippen LogP contribution in [0.3, 0.4) is 0 Å².